The number of thiophene rings is 1. The van der Waals surface area contributed by atoms with Crippen LogP contribution in [0.1, 0.15) is 25.6 Å². The van der Waals surface area contributed by atoms with Crippen molar-refractivity contribution in [1.29, 1.82) is 0 Å². The summed E-state index contributed by atoms with van der Waals surface area (Å²) in [6.45, 7) is 5.63. The van der Waals surface area contributed by atoms with Crippen LogP contribution in [-0.2, 0) is 9.59 Å². The van der Waals surface area contributed by atoms with Crippen LogP contribution >= 0.6 is 34.7 Å². The van der Waals surface area contributed by atoms with E-state index in [1.807, 2.05) is 38.3 Å². The number of aliphatic imine (C=N–C) groups is 1. The molecule has 1 amide bonds. The zero-order valence-electron chi connectivity index (χ0n) is 16.6. The molecule has 0 atom stereocenters. The number of thioether (sulfide) groups is 1. The maximum absolute atomic E-state index is 13.1. The van der Waals surface area contributed by atoms with Gasteiger partial charge in [-0.2, -0.15) is 0 Å². The van der Waals surface area contributed by atoms with Crippen LogP contribution in [0.3, 0.4) is 0 Å². The third-order valence-corrected chi connectivity index (χ3v) is 6.27. The molecule has 0 aliphatic carbocycles. The van der Waals surface area contributed by atoms with E-state index in [-0.39, 0.29) is 17.4 Å². The normalized spacial score (nSPS) is 15.8. The molecule has 0 unspecified atom stereocenters. The number of hydrogen-bond acceptors (Lipinski definition) is 6. The highest BCUT2D eigenvalue weighted by atomic mass is 35.5. The summed E-state index contributed by atoms with van der Waals surface area (Å²) in [5.74, 6) is 0.569. The molecule has 29 heavy (non-hydrogen) atoms. The molecule has 1 aromatic heterocycles. The summed E-state index contributed by atoms with van der Waals surface area (Å²) < 4.78 is 5.20. The molecule has 2 heterocycles. The molecule has 1 aliphatic rings. The van der Waals surface area contributed by atoms with E-state index in [1.54, 1.807) is 24.3 Å². The molecular formula is C21H21ClN2O3S2. The number of ketones is 1. The molecule has 0 saturated heterocycles. The summed E-state index contributed by atoms with van der Waals surface area (Å²) in [7, 11) is 1.53. The number of Topliss-reactive ketones (excluding diaryl/α,β-unsaturated/α-hetero) is 1. The van der Waals surface area contributed by atoms with Crippen molar-refractivity contribution in [3.05, 3.63) is 51.3 Å². The lowest BCUT2D eigenvalue weighted by Gasteiger charge is -2.20. The molecule has 1 aliphatic heterocycles. The Morgan fingerprint density at radius 3 is 2.69 bits per heavy atom. The van der Waals surface area contributed by atoms with Gasteiger partial charge in [0.15, 0.2) is 5.17 Å². The Balaban J connectivity index is 1.95. The number of amidine groups is 1. The molecule has 3 rings (SSSR count). The lowest BCUT2D eigenvalue weighted by Crippen LogP contribution is -2.31. The second-order valence-electron chi connectivity index (χ2n) is 7.36. The molecule has 1 aromatic carbocycles. The van der Waals surface area contributed by atoms with Gasteiger partial charge in [-0.05, 0) is 35.7 Å². The first-order valence-corrected chi connectivity index (χ1v) is 11.1. The monoisotopic (exact) mass is 448 g/mol. The smallest absolute Gasteiger partial charge is 0.283 e. The first kappa shape index (κ1) is 21.6. The number of halogens is 1. The van der Waals surface area contributed by atoms with Crippen LogP contribution in [-0.4, -0.2) is 29.7 Å². The Labute approximate surface area is 183 Å². The highest BCUT2D eigenvalue weighted by Gasteiger charge is 2.33. The minimum absolute atomic E-state index is 0.0843. The number of rotatable bonds is 5. The van der Waals surface area contributed by atoms with Crippen molar-refractivity contribution < 1.29 is 14.3 Å². The minimum atomic E-state index is -0.458. The van der Waals surface area contributed by atoms with Gasteiger partial charge in [-0.15, -0.1) is 11.3 Å². The number of carbonyl (C=O) groups excluding carboxylic acids is 2. The molecule has 0 saturated carbocycles. The SMILES string of the molecule is COc1ccc(N2C(=O)/C(=C\c3cccs3)N=C2SCC(=O)C(C)(C)C)cc1Cl. The number of hydrogen-bond donors (Lipinski definition) is 0. The average Bonchev–Trinajstić information content (AvgIpc) is 3.27. The van der Waals surface area contributed by atoms with Crippen molar-refractivity contribution in [2.45, 2.75) is 20.8 Å². The zero-order valence-corrected chi connectivity index (χ0v) is 19.0. The minimum Gasteiger partial charge on any atom is -0.495 e. The van der Waals surface area contributed by atoms with E-state index < -0.39 is 5.41 Å². The Bertz CT molecular complexity index is 992. The van der Waals surface area contributed by atoms with Crippen LogP contribution in [0.25, 0.3) is 6.08 Å². The van der Waals surface area contributed by atoms with Gasteiger partial charge in [-0.3, -0.25) is 14.5 Å². The molecule has 0 radical (unpaired) electrons. The molecule has 0 spiro atoms. The van der Waals surface area contributed by atoms with E-state index in [1.165, 1.54) is 35.1 Å². The van der Waals surface area contributed by atoms with Gasteiger partial charge < -0.3 is 4.74 Å². The Kier molecular flexibility index (Phi) is 6.51. The van der Waals surface area contributed by atoms with Crippen LogP contribution < -0.4 is 9.64 Å². The van der Waals surface area contributed by atoms with Crippen LogP contribution in [0.2, 0.25) is 5.02 Å². The molecule has 2 aromatic rings. The van der Waals surface area contributed by atoms with E-state index in [4.69, 9.17) is 16.3 Å². The topological polar surface area (TPSA) is 59.0 Å². The number of anilines is 1. The van der Waals surface area contributed by atoms with Gasteiger partial charge in [0.05, 0.1) is 23.6 Å². The molecule has 0 fully saturated rings. The van der Waals surface area contributed by atoms with E-state index in [9.17, 15) is 9.59 Å². The summed E-state index contributed by atoms with van der Waals surface area (Å²) >= 11 is 9.04. The molecule has 0 bridgehead atoms. The fourth-order valence-electron chi connectivity index (χ4n) is 2.47. The maximum Gasteiger partial charge on any atom is 0.283 e. The average molecular weight is 449 g/mol. The second-order valence-corrected chi connectivity index (χ2v) is 9.69. The molecule has 5 nitrogen and oxygen atoms in total. The van der Waals surface area contributed by atoms with Crippen molar-refractivity contribution >= 4 is 63.3 Å². The summed E-state index contributed by atoms with van der Waals surface area (Å²) in [4.78, 5) is 32.5. The molecule has 0 N–H and O–H groups in total. The lowest BCUT2D eigenvalue weighted by atomic mass is 9.92. The number of carbonyl (C=O) groups is 2. The van der Waals surface area contributed by atoms with Gasteiger partial charge in [-0.1, -0.05) is 50.2 Å². The van der Waals surface area contributed by atoms with Crippen molar-refractivity contribution in [2.75, 3.05) is 17.8 Å². The van der Waals surface area contributed by atoms with Gasteiger partial charge in [-0.25, -0.2) is 4.99 Å². The highest BCUT2D eigenvalue weighted by Crippen LogP contribution is 2.35. The number of benzene rings is 1. The summed E-state index contributed by atoms with van der Waals surface area (Å²) in [5.41, 5.74) is 0.440. The number of methoxy groups -OCH3 is 1. The summed E-state index contributed by atoms with van der Waals surface area (Å²) in [5, 5.41) is 2.79. The van der Waals surface area contributed by atoms with Gasteiger partial charge in [0, 0.05) is 10.3 Å². The Morgan fingerprint density at radius 2 is 2.10 bits per heavy atom. The first-order valence-electron chi connectivity index (χ1n) is 8.88. The maximum atomic E-state index is 13.1. The van der Waals surface area contributed by atoms with Crippen molar-refractivity contribution in [3.8, 4) is 5.75 Å². The van der Waals surface area contributed by atoms with Crippen molar-refractivity contribution in [1.82, 2.24) is 0 Å². The number of amides is 1. The Hall–Kier alpha value is -2.09. The molecule has 8 heteroatoms. The molecule has 152 valence electrons. The van der Waals surface area contributed by atoms with E-state index in [0.29, 0.717) is 27.3 Å². The van der Waals surface area contributed by atoms with Crippen LogP contribution in [0, 0.1) is 5.41 Å². The van der Waals surface area contributed by atoms with Gasteiger partial charge >= 0.3 is 0 Å². The third kappa shape index (κ3) is 4.91. The predicted molar refractivity (Wildman–Crippen MR) is 122 cm³/mol. The quantitative estimate of drug-likeness (QED) is 0.566. The van der Waals surface area contributed by atoms with E-state index in [2.05, 4.69) is 4.99 Å². The van der Waals surface area contributed by atoms with Crippen LogP contribution in [0.5, 0.6) is 5.75 Å². The number of ether oxygens (including phenoxy) is 1. The van der Waals surface area contributed by atoms with Crippen molar-refractivity contribution in [3.63, 3.8) is 0 Å². The summed E-state index contributed by atoms with van der Waals surface area (Å²) in [6.07, 6.45) is 1.75. The van der Waals surface area contributed by atoms with Gasteiger partial charge in [0.1, 0.15) is 17.2 Å². The predicted octanol–water partition coefficient (Wildman–Crippen LogP) is 5.50. The zero-order chi connectivity index (χ0) is 21.2. The van der Waals surface area contributed by atoms with E-state index in [0.717, 1.165) is 4.88 Å². The summed E-state index contributed by atoms with van der Waals surface area (Å²) in [6, 6.07) is 8.95. The van der Waals surface area contributed by atoms with Crippen LogP contribution in [0.15, 0.2) is 46.4 Å². The largest absolute Gasteiger partial charge is 0.495 e. The lowest BCUT2D eigenvalue weighted by molar-refractivity contribution is -0.123. The van der Waals surface area contributed by atoms with Gasteiger partial charge in [0.25, 0.3) is 5.91 Å². The van der Waals surface area contributed by atoms with Crippen LogP contribution in [0.4, 0.5) is 5.69 Å². The highest BCUT2D eigenvalue weighted by molar-refractivity contribution is 8.14. The first-order chi connectivity index (χ1) is 13.7. The second kappa shape index (κ2) is 8.73. The standard InChI is InChI=1S/C21H21ClN2O3S2/c1-21(2,3)18(25)12-29-20-23-16(11-14-6-5-9-28-14)19(26)24(20)13-7-8-17(27-4)15(22)10-13/h5-11H,12H2,1-4H3/b16-11+. The molecular weight excluding hydrogens is 428 g/mol. The van der Waals surface area contributed by atoms with Crippen molar-refractivity contribution in [2.24, 2.45) is 10.4 Å². The fourth-order valence-corrected chi connectivity index (χ4v) is 4.55. The van der Waals surface area contributed by atoms with Gasteiger partial charge in [0.2, 0.25) is 0 Å². The third-order valence-electron chi connectivity index (χ3n) is 4.21. The fraction of sp³-hybridized carbons (Fsp3) is 0.286. The Morgan fingerprint density at radius 1 is 1.34 bits per heavy atom. The number of nitrogens with zero attached hydrogens (tertiary/aromatic N) is 2. The van der Waals surface area contributed by atoms with E-state index >= 15 is 0 Å².